The van der Waals surface area contributed by atoms with Gasteiger partial charge in [-0.1, -0.05) is 57.2 Å². The van der Waals surface area contributed by atoms with E-state index in [2.05, 4.69) is 19.2 Å². The Hall–Kier alpha value is -3.93. The zero-order chi connectivity index (χ0) is 24.2. The summed E-state index contributed by atoms with van der Waals surface area (Å²) in [5.41, 5.74) is 2.99. The van der Waals surface area contributed by atoms with E-state index in [1.807, 2.05) is 31.2 Å². The maximum atomic E-state index is 13.6. The molecule has 0 spiro atoms. The predicted molar refractivity (Wildman–Crippen MR) is 132 cm³/mol. The van der Waals surface area contributed by atoms with Gasteiger partial charge >= 0.3 is 0 Å². The highest BCUT2D eigenvalue weighted by atomic mass is 19.1. The van der Waals surface area contributed by atoms with Gasteiger partial charge in [0.2, 0.25) is 0 Å². The van der Waals surface area contributed by atoms with Crippen molar-refractivity contribution in [1.29, 1.82) is 0 Å². The van der Waals surface area contributed by atoms with E-state index in [-0.39, 0.29) is 11.3 Å². The van der Waals surface area contributed by atoms with E-state index in [0.717, 1.165) is 16.9 Å². The monoisotopic (exact) mass is 458 g/mol. The number of hydrogen-bond donors (Lipinski definition) is 1. The minimum Gasteiger partial charge on any atom is -0.491 e. The van der Waals surface area contributed by atoms with E-state index in [9.17, 15) is 14.0 Å². The van der Waals surface area contributed by atoms with Crippen molar-refractivity contribution in [3.05, 3.63) is 95.4 Å². The van der Waals surface area contributed by atoms with Gasteiger partial charge in [0, 0.05) is 5.69 Å². The molecular formula is C28H27FN2O3. The van der Waals surface area contributed by atoms with Crippen LogP contribution in [0.4, 0.5) is 15.8 Å². The first-order chi connectivity index (χ1) is 16.4. The molecule has 0 saturated heterocycles. The van der Waals surface area contributed by atoms with E-state index in [1.54, 1.807) is 24.3 Å². The highest BCUT2D eigenvalue weighted by molar-refractivity contribution is 6.46. The SMILES string of the molecule is CCCOc1ccccc1N1C(=O)C(Nc2ccc(C(C)C)cc2)=C(c2ccc(F)cc2)C1=O. The van der Waals surface area contributed by atoms with Gasteiger partial charge < -0.3 is 10.1 Å². The zero-order valence-corrected chi connectivity index (χ0v) is 19.5. The maximum Gasteiger partial charge on any atom is 0.282 e. The second kappa shape index (κ2) is 9.91. The van der Waals surface area contributed by atoms with Crippen molar-refractivity contribution in [2.45, 2.75) is 33.1 Å². The highest BCUT2D eigenvalue weighted by Gasteiger charge is 2.41. The van der Waals surface area contributed by atoms with Crippen molar-refractivity contribution in [3.8, 4) is 5.75 Å². The van der Waals surface area contributed by atoms with Crippen LogP contribution in [0.5, 0.6) is 5.75 Å². The first-order valence-electron chi connectivity index (χ1n) is 11.4. The lowest BCUT2D eigenvalue weighted by Crippen LogP contribution is -2.32. The maximum absolute atomic E-state index is 13.6. The fourth-order valence-corrected chi connectivity index (χ4v) is 3.82. The molecule has 0 saturated carbocycles. The molecule has 0 bridgehead atoms. The third kappa shape index (κ3) is 4.57. The summed E-state index contributed by atoms with van der Waals surface area (Å²) in [5.74, 6) is -0.592. The standard InChI is InChI=1S/C28H27FN2O3/c1-4-17-34-24-8-6-5-7-23(24)31-27(32)25(20-9-13-21(29)14-10-20)26(28(31)33)30-22-15-11-19(12-16-22)18(2)3/h5-16,18,30H,4,17H2,1-3H3. The molecule has 6 heteroatoms. The second-order valence-corrected chi connectivity index (χ2v) is 8.42. The molecule has 0 unspecified atom stereocenters. The summed E-state index contributed by atoms with van der Waals surface area (Å²) in [5, 5.41) is 3.15. The molecule has 3 aromatic carbocycles. The minimum atomic E-state index is -0.496. The molecule has 174 valence electrons. The summed E-state index contributed by atoms with van der Waals surface area (Å²) in [6.07, 6.45) is 0.786. The molecule has 34 heavy (non-hydrogen) atoms. The molecule has 1 heterocycles. The lowest BCUT2D eigenvalue weighted by Gasteiger charge is -2.19. The zero-order valence-electron chi connectivity index (χ0n) is 19.5. The van der Waals surface area contributed by atoms with Gasteiger partial charge in [0.05, 0.1) is 17.9 Å². The van der Waals surface area contributed by atoms with E-state index in [1.165, 1.54) is 24.3 Å². The van der Waals surface area contributed by atoms with E-state index < -0.39 is 17.6 Å². The smallest absolute Gasteiger partial charge is 0.282 e. The number of carbonyl (C=O) groups excluding carboxylic acids is 2. The molecule has 0 aliphatic carbocycles. The molecule has 1 aliphatic rings. The number of benzene rings is 3. The number of para-hydroxylation sites is 2. The number of nitrogens with zero attached hydrogens (tertiary/aromatic N) is 1. The largest absolute Gasteiger partial charge is 0.491 e. The summed E-state index contributed by atoms with van der Waals surface area (Å²) < 4.78 is 19.4. The van der Waals surface area contributed by atoms with Crippen molar-refractivity contribution in [1.82, 2.24) is 0 Å². The van der Waals surface area contributed by atoms with Gasteiger partial charge in [0.15, 0.2) is 0 Å². The quantitative estimate of drug-likeness (QED) is 0.412. The molecule has 0 fully saturated rings. The molecule has 0 aromatic heterocycles. The third-order valence-electron chi connectivity index (χ3n) is 5.63. The van der Waals surface area contributed by atoms with Crippen molar-refractivity contribution in [3.63, 3.8) is 0 Å². The predicted octanol–water partition coefficient (Wildman–Crippen LogP) is 6.13. The van der Waals surface area contributed by atoms with Crippen molar-refractivity contribution < 1.29 is 18.7 Å². The van der Waals surface area contributed by atoms with Crippen molar-refractivity contribution in [2.75, 3.05) is 16.8 Å². The molecule has 2 amide bonds. The van der Waals surface area contributed by atoms with Gasteiger partial charge in [-0.05, 0) is 59.9 Å². The van der Waals surface area contributed by atoms with E-state index in [0.29, 0.717) is 35.2 Å². The third-order valence-corrected chi connectivity index (χ3v) is 5.63. The first kappa shape index (κ1) is 23.2. The molecule has 5 nitrogen and oxygen atoms in total. The van der Waals surface area contributed by atoms with Gasteiger partial charge in [-0.25, -0.2) is 9.29 Å². The van der Waals surface area contributed by atoms with Crippen LogP contribution in [0, 0.1) is 5.82 Å². The Balaban J connectivity index is 1.77. The Morgan fingerprint density at radius 3 is 2.24 bits per heavy atom. The van der Waals surface area contributed by atoms with Crippen LogP contribution < -0.4 is 15.0 Å². The van der Waals surface area contributed by atoms with Gasteiger partial charge in [0.1, 0.15) is 17.3 Å². The van der Waals surface area contributed by atoms with Gasteiger partial charge in [-0.15, -0.1) is 0 Å². The fourth-order valence-electron chi connectivity index (χ4n) is 3.82. The summed E-state index contributed by atoms with van der Waals surface area (Å²) in [7, 11) is 0. The van der Waals surface area contributed by atoms with Crippen LogP contribution in [-0.4, -0.2) is 18.4 Å². The fraction of sp³-hybridized carbons (Fsp3) is 0.214. The van der Waals surface area contributed by atoms with Crippen LogP contribution in [0.1, 0.15) is 44.2 Å². The molecule has 1 aliphatic heterocycles. The number of halogens is 1. The molecular weight excluding hydrogens is 431 g/mol. The molecule has 0 radical (unpaired) electrons. The molecule has 3 aromatic rings. The first-order valence-corrected chi connectivity index (χ1v) is 11.4. The van der Waals surface area contributed by atoms with Crippen LogP contribution in [0.2, 0.25) is 0 Å². The van der Waals surface area contributed by atoms with Crippen LogP contribution in [-0.2, 0) is 9.59 Å². The van der Waals surface area contributed by atoms with Gasteiger partial charge in [-0.2, -0.15) is 0 Å². The topological polar surface area (TPSA) is 58.6 Å². The number of ether oxygens (including phenoxy) is 1. The van der Waals surface area contributed by atoms with Crippen LogP contribution in [0.3, 0.4) is 0 Å². The average molecular weight is 459 g/mol. The summed E-state index contributed by atoms with van der Waals surface area (Å²) in [4.78, 5) is 28.4. The summed E-state index contributed by atoms with van der Waals surface area (Å²) in [6, 6.07) is 20.2. The number of imide groups is 1. The number of nitrogens with one attached hydrogen (secondary N) is 1. The van der Waals surface area contributed by atoms with Crippen LogP contribution in [0.15, 0.2) is 78.5 Å². The molecule has 1 N–H and O–H groups in total. The highest BCUT2D eigenvalue weighted by Crippen LogP contribution is 2.38. The van der Waals surface area contributed by atoms with E-state index >= 15 is 0 Å². The lowest BCUT2D eigenvalue weighted by molar-refractivity contribution is -0.120. The normalized spacial score (nSPS) is 13.7. The van der Waals surface area contributed by atoms with Gasteiger partial charge in [0.25, 0.3) is 11.8 Å². The number of anilines is 2. The summed E-state index contributed by atoms with van der Waals surface area (Å²) >= 11 is 0. The van der Waals surface area contributed by atoms with Crippen molar-refractivity contribution >= 4 is 28.8 Å². The number of hydrogen-bond acceptors (Lipinski definition) is 4. The number of rotatable bonds is 8. The van der Waals surface area contributed by atoms with Crippen LogP contribution >= 0.6 is 0 Å². The Kier molecular flexibility index (Phi) is 6.77. The Morgan fingerprint density at radius 1 is 0.912 bits per heavy atom. The van der Waals surface area contributed by atoms with Crippen LogP contribution in [0.25, 0.3) is 5.57 Å². The Bertz CT molecular complexity index is 1230. The lowest BCUT2D eigenvalue weighted by atomic mass is 10.0. The van der Waals surface area contributed by atoms with Crippen molar-refractivity contribution in [2.24, 2.45) is 0 Å². The molecule has 4 rings (SSSR count). The average Bonchev–Trinajstić information content (AvgIpc) is 3.08. The number of amides is 2. The second-order valence-electron chi connectivity index (χ2n) is 8.42. The molecule has 0 atom stereocenters. The number of carbonyl (C=O) groups is 2. The Morgan fingerprint density at radius 2 is 1.59 bits per heavy atom. The van der Waals surface area contributed by atoms with E-state index in [4.69, 9.17) is 4.74 Å². The summed E-state index contributed by atoms with van der Waals surface area (Å²) in [6.45, 7) is 6.65. The Labute approximate surface area is 198 Å². The van der Waals surface area contributed by atoms with Gasteiger partial charge in [-0.3, -0.25) is 9.59 Å². The minimum absolute atomic E-state index is 0.138.